The average Bonchev–Trinajstić information content (AvgIpc) is 3.20. The Morgan fingerprint density at radius 2 is 1.63 bits per heavy atom. The zero-order valence-electron chi connectivity index (χ0n) is 34.5. The van der Waals surface area contributed by atoms with Crippen molar-refractivity contribution in [1.82, 2.24) is 5.32 Å². The van der Waals surface area contributed by atoms with E-state index in [0.29, 0.717) is 68.5 Å². The minimum atomic E-state index is -0.969. The topological polar surface area (TPSA) is 146 Å². The lowest BCUT2D eigenvalue weighted by Crippen LogP contribution is -2.30. The van der Waals surface area contributed by atoms with E-state index in [2.05, 4.69) is 30.4 Å². The number of hydrogen-bond acceptors (Lipinski definition) is 9. The van der Waals surface area contributed by atoms with Crippen molar-refractivity contribution in [3.63, 3.8) is 0 Å². The molecular weight excluding hydrogens is 749 g/mol. The average molecular weight is 803 g/mol. The molecule has 0 radical (unpaired) electrons. The Kier molecular flexibility index (Phi) is 16.3. The zero-order valence-corrected chi connectivity index (χ0v) is 34.5. The van der Waals surface area contributed by atoms with E-state index in [1.807, 2.05) is 92.7 Å². The highest BCUT2D eigenvalue weighted by atomic mass is 16.6. The molecule has 0 saturated carbocycles. The molecular formula is C48H54N2O9. The third kappa shape index (κ3) is 13.3. The molecule has 11 heteroatoms. The van der Waals surface area contributed by atoms with Crippen molar-refractivity contribution in [2.75, 3.05) is 46.2 Å². The largest absolute Gasteiger partial charge is 0.478 e. The van der Waals surface area contributed by atoms with Crippen LogP contribution in [0.4, 0.5) is 0 Å². The van der Waals surface area contributed by atoms with Gasteiger partial charge in [-0.25, -0.2) is 4.79 Å². The highest BCUT2D eigenvalue weighted by Gasteiger charge is 2.30. The number of nitrogens with one attached hydrogen (secondary N) is 1. The monoisotopic (exact) mass is 802 g/mol. The predicted molar refractivity (Wildman–Crippen MR) is 232 cm³/mol. The van der Waals surface area contributed by atoms with E-state index < -0.39 is 5.97 Å². The van der Waals surface area contributed by atoms with Gasteiger partial charge in [0, 0.05) is 29.6 Å². The normalized spacial score (nSPS) is 15.6. The lowest BCUT2D eigenvalue weighted by molar-refractivity contribution is -0.131. The number of carbonyl (C=O) groups is 2. The maximum absolute atomic E-state index is 12.9. The fourth-order valence-electron chi connectivity index (χ4n) is 6.65. The lowest BCUT2D eigenvalue weighted by atomic mass is 9.72. The van der Waals surface area contributed by atoms with E-state index in [1.54, 1.807) is 13.0 Å². The molecule has 0 bridgehead atoms. The summed E-state index contributed by atoms with van der Waals surface area (Å²) in [6.45, 7) is 12.7. The Labute approximate surface area is 345 Å². The van der Waals surface area contributed by atoms with E-state index in [1.165, 1.54) is 6.07 Å². The van der Waals surface area contributed by atoms with Crippen LogP contribution in [0.2, 0.25) is 0 Å². The van der Waals surface area contributed by atoms with E-state index >= 15 is 0 Å². The SMILES string of the molecule is CC1=C(/C=C/C(C)=C/C=C/C(C)=C/C(=O)O)C(C)(C)CC/C1=N\OCC(=O)NCCOCCOCCOCc1ccc(-c2cc(=O)c3ccc4ccccc4c3o2)cc1. The molecule has 0 fully saturated rings. The number of nitrogens with zero attached hydrogens (tertiary/aromatic N) is 1. The van der Waals surface area contributed by atoms with Crippen LogP contribution in [0.5, 0.6) is 0 Å². The van der Waals surface area contributed by atoms with Gasteiger partial charge in [0.15, 0.2) is 12.0 Å². The number of rotatable bonds is 20. The summed E-state index contributed by atoms with van der Waals surface area (Å²) in [6.07, 6.45) is 12.4. The quantitative estimate of drug-likeness (QED) is 0.0294. The van der Waals surface area contributed by atoms with Gasteiger partial charge in [-0.15, -0.1) is 0 Å². The standard InChI is InChI=1S/C48H54N2O9/c1-33(9-8-10-34(2)29-46(53)54)13-20-41-35(3)42(21-22-48(41,4)5)50-58-32-45(52)49-23-24-55-25-26-56-27-28-57-31-36-14-16-38(17-15-36)44-30-43(51)40-19-18-37-11-6-7-12-39(37)47(40)59-44/h6-20,29-30H,21-28,31-32H2,1-5H3,(H,49,52)(H,53,54)/b10-8+,20-13+,33-9+,34-29+,50-42+. The number of benzene rings is 3. The third-order valence-electron chi connectivity index (χ3n) is 9.94. The van der Waals surface area contributed by atoms with E-state index in [0.717, 1.165) is 63.2 Å². The number of aliphatic carboxylic acids is 1. The Hall–Kier alpha value is -5.88. The first-order chi connectivity index (χ1) is 28.4. The first-order valence-corrected chi connectivity index (χ1v) is 19.8. The smallest absolute Gasteiger partial charge is 0.328 e. The summed E-state index contributed by atoms with van der Waals surface area (Å²) < 4.78 is 23.2. The molecule has 2 N–H and O–H groups in total. The second-order valence-electron chi connectivity index (χ2n) is 15.0. The second-order valence-corrected chi connectivity index (χ2v) is 15.0. The van der Waals surface area contributed by atoms with Gasteiger partial charge in [0.2, 0.25) is 0 Å². The summed E-state index contributed by atoms with van der Waals surface area (Å²) in [7, 11) is 0. The Morgan fingerprint density at radius 1 is 0.898 bits per heavy atom. The molecule has 0 aliphatic heterocycles. The van der Waals surface area contributed by atoms with Crippen LogP contribution in [0.15, 0.2) is 140 Å². The molecule has 1 amide bonds. The number of hydrogen-bond donors (Lipinski definition) is 2. The fraction of sp³-hybridized carbons (Fsp3) is 0.333. The van der Waals surface area contributed by atoms with Gasteiger partial charge in [-0.2, -0.15) is 0 Å². The van der Waals surface area contributed by atoms with Crippen LogP contribution in [0.3, 0.4) is 0 Å². The van der Waals surface area contributed by atoms with Gasteiger partial charge in [-0.3, -0.25) is 9.59 Å². The molecule has 310 valence electrons. The van der Waals surface area contributed by atoms with Crippen molar-refractivity contribution in [3.8, 4) is 11.3 Å². The molecule has 4 aromatic rings. The minimum Gasteiger partial charge on any atom is -0.478 e. The minimum absolute atomic E-state index is 0.0538. The number of allylic oxidation sites excluding steroid dienone is 9. The lowest BCUT2D eigenvalue weighted by Gasteiger charge is -2.33. The summed E-state index contributed by atoms with van der Waals surface area (Å²) in [6, 6.07) is 20.9. The zero-order chi connectivity index (χ0) is 42.2. The first-order valence-electron chi connectivity index (χ1n) is 19.8. The number of amides is 1. The molecule has 0 unspecified atom stereocenters. The van der Waals surface area contributed by atoms with Crippen molar-refractivity contribution in [2.45, 2.75) is 54.1 Å². The van der Waals surface area contributed by atoms with Crippen molar-refractivity contribution in [3.05, 3.63) is 141 Å². The summed E-state index contributed by atoms with van der Waals surface area (Å²) >= 11 is 0. The fourth-order valence-corrected chi connectivity index (χ4v) is 6.65. The number of fused-ring (bicyclic) bond motifs is 3. The number of ether oxygens (including phenoxy) is 3. The maximum atomic E-state index is 12.9. The van der Waals surface area contributed by atoms with Gasteiger partial charge >= 0.3 is 5.97 Å². The van der Waals surface area contributed by atoms with E-state index in [4.69, 9.17) is 28.6 Å². The highest BCUT2D eigenvalue weighted by Crippen LogP contribution is 2.40. The third-order valence-corrected chi connectivity index (χ3v) is 9.94. The summed E-state index contributed by atoms with van der Waals surface area (Å²) in [5, 5.41) is 18.4. The molecule has 0 spiro atoms. The van der Waals surface area contributed by atoms with Crippen LogP contribution in [-0.4, -0.2) is 68.9 Å². The molecule has 5 rings (SSSR count). The van der Waals surface area contributed by atoms with Crippen molar-refractivity contribution >= 4 is 39.3 Å². The van der Waals surface area contributed by atoms with Gasteiger partial charge in [-0.05, 0) is 72.8 Å². The molecule has 0 atom stereocenters. The van der Waals surface area contributed by atoms with Gasteiger partial charge in [0.05, 0.1) is 50.7 Å². The Balaban J connectivity index is 0.934. The molecule has 0 saturated heterocycles. The molecule has 59 heavy (non-hydrogen) atoms. The second kappa shape index (κ2) is 21.8. The van der Waals surface area contributed by atoms with Gasteiger partial charge < -0.3 is 33.9 Å². The molecule has 1 aromatic heterocycles. The van der Waals surface area contributed by atoms with Crippen LogP contribution in [0, 0.1) is 5.41 Å². The molecule has 1 aliphatic carbocycles. The van der Waals surface area contributed by atoms with Crippen molar-refractivity contribution in [1.29, 1.82) is 0 Å². The summed E-state index contributed by atoms with van der Waals surface area (Å²) in [5.74, 6) is -0.730. The van der Waals surface area contributed by atoms with Crippen LogP contribution >= 0.6 is 0 Å². The maximum Gasteiger partial charge on any atom is 0.328 e. The Bertz CT molecular complexity index is 2340. The number of oxime groups is 1. The first kappa shape index (κ1) is 44.2. The van der Waals surface area contributed by atoms with Gasteiger partial charge in [0.25, 0.3) is 5.91 Å². The van der Waals surface area contributed by atoms with Crippen LogP contribution < -0.4 is 10.7 Å². The van der Waals surface area contributed by atoms with E-state index in [9.17, 15) is 14.4 Å². The van der Waals surface area contributed by atoms with E-state index in [-0.39, 0.29) is 23.4 Å². The molecule has 1 heterocycles. The number of carboxylic acids is 1. The van der Waals surface area contributed by atoms with Gasteiger partial charge in [0.1, 0.15) is 11.3 Å². The molecule has 1 aliphatic rings. The van der Waals surface area contributed by atoms with Crippen LogP contribution in [0.1, 0.15) is 53.0 Å². The van der Waals surface area contributed by atoms with Gasteiger partial charge in [-0.1, -0.05) is 110 Å². The van der Waals surface area contributed by atoms with Crippen molar-refractivity contribution < 1.29 is 38.2 Å². The van der Waals surface area contributed by atoms with Crippen LogP contribution in [0.25, 0.3) is 33.1 Å². The summed E-state index contributed by atoms with van der Waals surface area (Å²) in [4.78, 5) is 41.4. The Morgan fingerprint density at radius 3 is 2.39 bits per heavy atom. The number of carbonyl (C=O) groups excluding carboxylic acids is 1. The summed E-state index contributed by atoms with van der Waals surface area (Å²) in [5.41, 5.74) is 6.93. The highest BCUT2D eigenvalue weighted by molar-refractivity contribution is 6.04. The van der Waals surface area contributed by atoms with Crippen LogP contribution in [-0.2, 0) is 35.2 Å². The van der Waals surface area contributed by atoms with Crippen molar-refractivity contribution in [2.24, 2.45) is 10.6 Å². The molecule has 3 aromatic carbocycles. The predicted octanol–water partition coefficient (Wildman–Crippen LogP) is 8.88. The molecule has 11 nitrogen and oxygen atoms in total. The number of carboxylic acid groups (broad SMARTS) is 1.